The average molecular weight is 218 g/mol. The first-order valence-electron chi connectivity index (χ1n) is 4.61. The number of nitrogens with two attached hydrogens (primary N) is 1. The molecule has 82 valence electrons. The molecule has 0 fully saturated rings. The first kappa shape index (κ1) is 13.3. The Morgan fingerprint density at radius 2 is 2.21 bits per heavy atom. The summed E-state index contributed by atoms with van der Waals surface area (Å²) < 4.78 is 4.82. The molecule has 0 aromatic heterocycles. The summed E-state index contributed by atoms with van der Waals surface area (Å²) in [4.78, 5) is 13.5. The third kappa shape index (κ3) is 5.88. The van der Waals surface area contributed by atoms with E-state index in [0.717, 1.165) is 0 Å². The van der Waals surface area contributed by atoms with Crippen molar-refractivity contribution >= 4 is 23.2 Å². The molecule has 0 heterocycles. The third-order valence-corrected chi connectivity index (χ3v) is 2.10. The van der Waals surface area contributed by atoms with Crippen molar-refractivity contribution in [2.45, 2.75) is 26.3 Å². The summed E-state index contributed by atoms with van der Waals surface area (Å²) in [5, 5.41) is 0. The fraction of sp³-hybridized carbons (Fsp3) is 0.778. The zero-order chi connectivity index (χ0) is 11.1. The molecule has 0 rings (SSSR count). The van der Waals surface area contributed by atoms with Crippen LogP contribution in [0.2, 0.25) is 0 Å². The van der Waals surface area contributed by atoms with Gasteiger partial charge in [-0.15, -0.1) is 0 Å². The largest absolute Gasteiger partial charge is 0.465 e. The highest BCUT2D eigenvalue weighted by Crippen LogP contribution is 2.01. The third-order valence-electron chi connectivity index (χ3n) is 1.93. The molecule has 0 aliphatic carbocycles. The van der Waals surface area contributed by atoms with E-state index in [1.807, 2.05) is 18.9 Å². The molecular formula is C9H18N2O2S. The van der Waals surface area contributed by atoms with Gasteiger partial charge >= 0.3 is 5.97 Å². The molecule has 0 spiro atoms. The first-order chi connectivity index (χ1) is 6.47. The van der Waals surface area contributed by atoms with Crippen molar-refractivity contribution in [1.82, 2.24) is 4.90 Å². The molecule has 0 aliphatic heterocycles. The Bertz CT molecular complexity index is 209. The number of nitrogens with zero attached hydrogens (tertiary/aromatic N) is 1. The summed E-state index contributed by atoms with van der Waals surface area (Å²) in [5.41, 5.74) is 5.41. The van der Waals surface area contributed by atoms with Crippen molar-refractivity contribution in [3.63, 3.8) is 0 Å². The highest BCUT2D eigenvalue weighted by Gasteiger charge is 2.14. The number of likely N-dealkylation sites (N-methyl/N-ethyl adjacent to an activating group) is 1. The van der Waals surface area contributed by atoms with Crippen LogP contribution in [0.4, 0.5) is 0 Å². The van der Waals surface area contributed by atoms with E-state index in [2.05, 4.69) is 0 Å². The van der Waals surface area contributed by atoms with E-state index in [9.17, 15) is 4.79 Å². The van der Waals surface area contributed by atoms with Gasteiger partial charge in [0.1, 0.15) is 0 Å². The minimum Gasteiger partial charge on any atom is -0.465 e. The van der Waals surface area contributed by atoms with E-state index in [1.165, 1.54) is 0 Å². The van der Waals surface area contributed by atoms with E-state index in [1.54, 1.807) is 6.92 Å². The topological polar surface area (TPSA) is 55.6 Å². The number of ether oxygens (including phenoxy) is 1. The monoisotopic (exact) mass is 218 g/mol. The molecule has 2 N–H and O–H groups in total. The van der Waals surface area contributed by atoms with Crippen LogP contribution >= 0.6 is 12.2 Å². The summed E-state index contributed by atoms with van der Waals surface area (Å²) in [6.45, 7) is 4.45. The van der Waals surface area contributed by atoms with Crippen LogP contribution in [0.15, 0.2) is 0 Å². The summed E-state index contributed by atoms with van der Waals surface area (Å²) in [5.74, 6) is -0.218. The Kier molecular flexibility index (Phi) is 6.40. The molecule has 0 amide bonds. The molecule has 0 aromatic rings. The summed E-state index contributed by atoms with van der Waals surface area (Å²) in [6.07, 6.45) is 0.616. The fourth-order valence-electron chi connectivity index (χ4n) is 1.01. The number of hydrogen-bond acceptors (Lipinski definition) is 4. The fourth-order valence-corrected chi connectivity index (χ4v) is 1.25. The number of carbonyl (C=O) groups is 1. The maximum atomic E-state index is 11.1. The minimum atomic E-state index is -0.218. The van der Waals surface area contributed by atoms with Crippen molar-refractivity contribution in [2.75, 3.05) is 20.2 Å². The lowest BCUT2D eigenvalue weighted by Gasteiger charge is -2.22. The molecular weight excluding hydrogens is 200 g/mol. The summed E-state index contributed by atoms with van der Waals surface area (Å²) >= 11 is 4.79. The number of hydrogen-bond donors (Lipinski definition) is 1. The average Bonchev–Trinajstić information content (AvgIpc) is 2.02. The maximum absolute atomic E-state index is 11.1. The van der Waals surface area contributed by atoms with Crippen LogP contribution in [-0.2, 0) is 9.53 Å². The van der Waals surface area contributed by atoms with Crippen LogP contribution in [0.1, 0.15) is 20.3 Å². The SMILES string of the molecule is CCOC(=O)CN(C)C(C)CC(N)=S. The van der Waals surface area contributed by atoms with E-state index < -0.39 is 0 Å². The lowest BCUT2D eigenvalue weighted by molar-refractivity contribution is -0.144. The van der Waals surface area contributed by atoms with Gasteiger partial charge in [0.15, 0.2) is 0 Å². The Labute approximate surface area is 90.4 Å². The Hall–Kier alpha value is -0.680. The Balaban J connectivity index is 3.87. The number of rotatable bonds is 6. The van der Waals surface area contributed by atoms with Crippen LogP contribution in [0.25, 0.3) is 0 Å². The molecule has 1 unspecified atom stereocenters. The smallest absolute Gasteiger partial charge is 0.320 e. The lowest BCUT2D eigenvalue weighted by atomic mass is 10.2. The van der Waals surface area contributed by atoms with Crippen molar-refractivity contribution in [3.8, 4) is 0 Å². The van der Waals surface area contributed by atoms with Crippen molar-refractivity contribution < 1.29 is 9.53 Å². The zero-order valence-corrected chi connectivity index (χ0v) is 9.76. The number of carbonyl (C=O) groups excluding carboxylic acids is 1. The Morgan fingerprint density at radius 3 is 2.64 bits per heavy atom. The van der Waals surface area contributed by atoms with E-state index >= 15 is 0 Å². The lowest BCUT2D eigenvalue weighted by Crippen LogP contribution is -2.36. The van der Waals surface area contributed by atoms with Crippen LogP contribution in [0, 0.1) is 0 Å². The van der Waals surface area contributed by atoms with Gasteiger partial charge in [0.05, 0.1) is 18.1 Å². The molecule has 0 saturated carbocycles. The second-order valence-electron chi connectivity index (χ2n) is 3.24. The molecule has 0 bridgehead atoms. The maximum Gasteiger partial charge on any atom is 0.320 e. The first-order valence-corrected chi connectivity index (χ1v) is 5.02. The molecule has 5 heteroatoms. The van der Waals surface area contributed by atoms with Gasteiger partial charge in [0, 0.05) is 12.5 Å². The van der Waals surface area contributed by atoms with Gasteiger partial charge < -0.3 is 10.5 Å². The molecule has 14 heavy (non-hydrogen) atoms. The van der Waals surface area contributed by atoms with E-state index in [-0.39, 0.29) is 18.6 Å². The normalized spacial score (nSPS) is 12.6. The van der Waals surface area contributed by atoms with Gasteiger partial charge in [0.2, 0.25) is 0 Å². The van der Waals surface area contributed by atoms with E-state index in [4.69, 9.17) is 22.7 Å². The van der Waals surface area contributed by atoms with Crippen molar-refractivity contribution in [1.29, 1.82) is 0 Å². The van der Waals surface area contributed by atoms with Crippen LogP contribution in [0.3, 0.4) is 0 Å². The van der Waals surface area contributed by atoms with Gasteiger partial charge in [-0.2, -0.15) is 0 Å². The van der Waals surface area contributed by atoms with Gasteiger partial charge in [-0.3, -0.25) is 9.69 Å². The van der Waals surface area contributed by atoms with Crippen molar-refractivity contribution in [3.05, 3.63) is 0 Å². The highest BCUT2D eigenvalue weighted by atomic mass is 32.1. The molecule has 0 aromatic carbocycles. The zero-order valence-electron chi connectivity index (χ0n) is 8.95. The minimum absolute atomic E-state index is 0.164. The second-order valence-corrected chi connectivity index (χ2v) is 3.76. The predicted molar refractivity (Wildman–Crippen MR) is 60.1 cm³/mol. The van der Waals surface area contributed by atoms with Crippen LogP contribution < -0.4 is 5.73 Å². The molecule has 0 saturated heterocycles. The molecule has 4 nitrogen and oxygen atoms in total. The molecule has 0 radical (unpaired) electrons. The van der Waals surface area contributed by atoms with Crippen LogP contribution in [0.5, 0.6) is 0 Å². The Morgan fingerprint density at radius 1 is 1.64 bits per heavy atom. The van der Waals surface area contributed by atoms with Crippen molar-refractivity contribution in [2.24, 2.45) is 5.73 Å². The summed E-state index contributed by atoms with van der Waals surface area (Å²) in [6, 6.07) is 0.164. The van der Waals surface area contributed by atoms with Gasteiger partial charge in [-0.1, -0.05) is 12.2 Å². The van der Waals surface area contributed by atoms with Crippen LogP contribution in [-0.4, -0.2) is 42.1 Å². The number of thiocarbonyl (C=S) groups is 1. The van der Waals surface area contributed by atoms with Gasteiger partial charge in [-0.05, 0) is 20.9 Å². The highest BCUT2D eigenvalue weighted by molar-refractivity contribution is 7.80. The standard InChI is InChI=1S/C9H18N2O2S/c1-4-13-9(12)6-11(3)7(2)5-8(10)14/h7H,4-6H2,1-3H3,(H2,10,14). The summed E-state index contributed by atoms with van der Waals surface area (Å²) in [7, 11) is 1.85. The predicted octanol–water partition coefficient (Wildman–Crippen LogP) is 0.546. The number of esters is 1. The second kappa shape index (κ2) is 6.73. The molecule has 0 aliphatic rings. The van der Waals surface area contributed by atoms with Gasteiger partial charge in [-0.25, -0.2) is 0 Å². The molecule has 1 atom stereocenters. The van der Waals surface area contributed by atoms with E-state index in [0.29, 0.717) is 18.0 Å². The van der Waals surface area contributed by atoms with Gasteiger partial charge in [0.25, 0.3) is 0 Å². The quantitative estimate of drug-likeness (QED) is 0.521.